The molecule has 5 nitrogen and oxygen atoms in total. The van der Waals surface area contributed by atoms with E-state index in [4.69, 9.17) is 9.47 Å². The number of nitrogens with one attached hydrogen (secondary N) is 2. The second-order valence-electron chi connectivity index (χ2n) is 5.58. The monoisotopic (exact) mass is 326 g/mol. The van der Waals surface area contributed by atoms with Gasteiger partial charge in [0.05, 0.1) is 0 Å². The molecule has 0 aromatic heterocycles. The predicted molar refractivity (Wildman–Crippen MR) is 87.0 cm³/mol. The van der Waals surface area contributed by atoms with Crippen molar-refractivity contribution in [2.45, 2.75) is 31.7 Å². The van der Waals surface area contributed by atoms with Gasteiger partial charge in [-0.15, -0.1) is 12.4 Å². The van der Waals surface area contributed by atoms with Gasteiger partial charge in [-0.1, -0.05) is 6.07 Å². The minimum absolute atomic E-state index is 0. The van der Waals surface area contributed by atoms with Gasteiger partial charge in [-0.2, -0.15) is 0 Å². The Kier molecular flexibility index (Phi) is 6.34. The van der Waals surface area contributed by atoms with Crippen LogP contribution in [0.2, 0.25) is 0 Å². The van der Waals surface area contributed by atoms with E-state index in [1.807, 2.05) is 18.2 Å². The summed E-state index contributed by atoms with van der Waals surface area (Å²) in [5.74, 6) is 1.74. The zero-order chi connectivity index (χ0) is 14.5. The van der Waals surface area contributed by atoms with Gasteiger partial charge in [0.2, 0.25) is 5.91 Å². The number of ether oxygens (including phenoxy) is 2. The van der Waals surface area contributed by atoms with Crippen molar-refractivity contribution in [3.8, 4) is 11.5 Å². The molecule has 22 heavy (non-hydrogen) atoms. The van der Waals surface area contributed by atoms with Crippen molar-refractivity contribution in [1.29, 1.82) is 0 Å². The number of hydrogen-bond donors (Lipinski definition) is 2. The molecule has 1 aromatic rings. The Balaban J connectivity index is 0.00000176. The van der Waals surface area contributed by atoms with Gasteiger partial charge in [0.15, 0.2) is 11.5 Å². The van der Waals surface area contributed by atoms with Crippen molar-refractivity contribution in [2.75, 3.05) is 26.3 Å². The largest absolute Gasteiger partial charge is 0.486 e. The number of fused-ring (bicyclic) bond motifs is 1. The summed E-state index contributed by atoms with van der Waals surface area (Å²) in [5, 5.41) is 6.33. The van der Waals surface area contributed by atoms with Crippen molar-refractivity contribution in [1.82, 2.24) is 10.6 Å². The number of amides is 1. The average Bonchev–Trinajstić information content (AvgIpc) is 3.00. The van der Waals surface area contributed by atoms with Crippen LogP contribution in [0.15, 0.2) is 18.2 Å². The van der Waals surface area contributed by atoms with Gasteiger partial charge in [0.1, 0.15) is 13.2 Å². The molecule has 122 valence electrons. The van der Waals surface area contributed by atoms with Crippen LogP contribution in [-0.2, 0) is 11.2 Å². The maximum absolute atomic E-state index is 11.8. The fraction of sp³-hybridized carbons (Fsp3) is 0.562. The molecule has 1 amide bonds. The summed E-state index contributed by atoms with van der Waals surface area (Å²) in [6, 6.07) is 6.32. The average molecular weight is 327 g/mol. The zero-order valence-electron chi connectivity index (χ0n) is 12.6. The molecule has 1 unspecified atom stereocenters. The third-order valence-electron chi connectivity index (χ3n) is 3.94. The van der Waals surface area contributed by atoms with Gasteiger partial charge in [-0.25, -0.2) is 0 Å². The van der Waals surface area contributed by atoms with Crippen molar-refractivity contribution in [3.63, 3.8) is 0 Å². The highest BCUT2D eigenvalue weighted by Crippen LogP contribution is 2.30. The van der Waals surface area contributed by atoms with Crippen LogP contribution in [0.3, 0.4) is 0 Å². The van der Waals surface area contributed by atoms with Crippen LogP contribution in [0.1, 0.15) is 24.8 Å². The lowest BCUT2D eigenvalue weighted by molar-refractivity contribution is -0.121. The Labute approximate surface area is 137 Å². The quantitative estimate of drug-likeness (QED) is 0.864. The number of carbonyl (C=O) groups excluding carboxylic acids is 1. The smallest absolute Gasteiger partial charge is 0.221 e. The fourth-order valence-corrected chi connectivity index (χ4v) is 2.82. The molecule has 1 saturated heterocycles. The molecule has 0 saturated carbocycles. The van der Waals surface area contributed by atoms with Crippen LogP contribution in [0.25, 0.3) is 0 Å². The highest BCUT2D eigenvalue weighted by atomic mass is 35.5. The topological polar surface area (TPSA) is 59.6 Å². The Hall–Kier alpha value is -1.46. The highest BCUT2D eigenvalue weighted by molar-refractivity contribution is 5.85. The first kappa shape index (κ1) is 16.9. The molecular formula is C16H23ClN2O3. The van der Waals surface area contributed by atoms with Gasteiger partial charge in [-0.3, -0.25) is 4.79 Å². The minimum atomic E-state index is 0. The number of carbonyl (C=O) groups is 1. The molecule has 3 rings (SSSR count). The summed E-state index contributed by atoms with van der Waals surface area (Å²) in [7, 11) is 0. The molecule has 1 atom stereocenters. The van der Waals surface area contributed by atoms with Gasteiger partial charge in [0.25, 0.3) is 0 Å². The standard InChI is InChI=1S/C16H22N2O3.ClH/c19-16(11-13-2-1-6-17-13)18-7-5-12-3-4-14-15(10-12)21-9-8-20-14;/h3-4,10,13,17H,1-2,5-9,11H2,(H,18,19);1H. The first-order chi connectivity index (χ1) is 10.3. The fourth-order valence-electron chi connectivity index (χ4n) is 2.82. The van der Waals surface area contributed by atoms with Crippen LogP contribution >= 0.6 is 12.4 Å². The summed E-state index contributed by atoms with van der Waals surface area (Å²) in [6.07, 6.45) is 3.67. The Morgan fingerprint density at radius 1 is 1.27 bits per heavy atom. The van der Waals surface area contributed by atoms with Crippen LogP contribution < -0.4 is 20.1 Å². The second-order valence-corrected chi connectivity index (χ2v) is 5.58. The van der Waals surface area contributed by atoms with Gasteiger partial charge >= 0.3 is 0 Å². The number of halogens is 1. The maximum atomic E-state index is 11.8. The Morgan fingerprint density at radius 3 is 2.86 bits per heavy atom. The third kappa shape index (κ3) is 4.52. The summed E-state index contributed by atoms with van der Waals surface area (Å²) in [5.41, 5.74) is 1.15. The van der Waals surface area contributed by atoms with Crippen molar-refractivity contribution in [3.05, 3.63) is 23.8 Å². The molecule has 6 heteroatoms. The molecule has 1 aromatic carbocycles. The van der Waals surface area contributed by atoms with E-state index in [0.29, 0.717) is 32.2 Å². The Morgan fingerprint density at radius 2 is 2.09 bits per heavy atom. The maximum Gasteiger partial charge on any atom is 0.221 e. The molecule has 2 N–H and O–H groups in total. The highest BCUT2D eigenvalue weighted by Gasteiger charge is 2.17. The molecular weight excluding hydrogens is 304 g/mol. The van der Waals surface area contributed by atoms with Crippen LogP contribution in [0, 0.1) is 0 Å². The van der Waals surface area contributed by atoms with E-state index in [-0.39, 0.29) is 18.3 Å². The molecule has 0 aliphatic carbocycles. The SMILES string of the molecule is Cl.O=C(CC1CCCN1)NCCc1ccc2c(c1)OCCO2. The van der Waals surface area contributed by atoms with Gasteiger partial charge in [-0.05, 0) is 43.5 Å². The lowest BCUT2D eigenvalue weighted by atomic mass is 10.1. The summed E-state index contributed by atoms with van der Waals surface area (Å²) >= 11 is 0. The van der Waals surface area contributed by atoms with E-state index in [0.717, 1.165) is 36.4 Å². The van der Waals surface area contributed by atoms with Crippen LogP contribution in [0.5, 0.6) is 11.5 Å². The predicted octanol–water partition coefficient (Wildman–Crippen LogP) is 1.68. The number of hydrogen-bond acceptors (Lipinski definition) is 4. The molecule has 0 spiro atoms. The summed E-state index contributed by atoms with van der Waals surface area (Å²) in [4.78, 5) is 11.8. The van der Waals surface area contributed by atoms with E-state index in [1.165, 1.54) is 6.42 Å². The van der Waals surface area contributed by atoms with Crippen molar-refractivity contribution < 1.29 is 14.3 Å². The van der Waals surface area contributed by atoms with E-state index in [9.17, 15) is 4.79 Å². The Bertz CT molecular complexity index is 504. The second kappa shape index (κ2) is 8.25. The lowest BCUT2D eigenvalue weighted by Gasteiger charge is -2.19. The van der Waals surface area contributed by atoms with E-state index in [2.05, 4.69) is 10.6 Å². The minimum Gasteiger partial charge on any atom is -0.486 e. The first-order valence-electron chi connectivity index (χ1n) is 7.70. The summed E-state index contributed by atoms with van der Waals surface area (Å²) in [6.45, 7) is 2.90. The molecule has 0 bridgehead atoms. The lowest BCUT2D eigenvalue weighted by Crippen LogP contribution is -2.32. The first-order valence-corrected chi connectivity index (χ1v) is 7.70. The molecule has 2 aliphatic heterocycles. The van der Waals surface area contributed by atoms with E-state index < -0.39 is 0 Å². The molecule has 0 radical (unpaired) electrons. The number of benzene rings is 1. The van der Waals surface area contributed by atoms with Crippen molar-refractivity contribution >= 4 is 18.3 Å². The van der Waals surface area contributed by atoms with Gasteiger partial charge < -0.3 is 20.1 Å². The van der Waals surface area contributed by atoms with E-state index in [1.54, 1.807) is 0 Å². The molecule has 2 heterocycles. The number of rotatable bonds is 5. The normalized spacial score (nSPS) is 19.4. The molecule has 1 fully saturated rings. The third-order valence-corrected chi connectivity index (χ3v) is 3.94. The van der Waals surface area contributed by atoms with Gasteiger partial charge in [0, 0.05) is 19.0 Å². The van der Waals surface area contributed by atoms with Crippen LogP contribution in [-0.4, -0.2) is 38.3 Å². The molecule has 2 aliphatic rings. The van der Waals surface area contributed by atoms with Crippen molar-refractivity contribution in [2.24, 2.45) is 0 Å². The van der Waals surface area contributed by atoms with Crippen LogP contribution in [0.4, 0.5) is 0 Å². The summed E-state index contributed by atoms with van der Waals surface area (Å²) < 4.78 is 11.1. The van der Waals surface area contributed by atoms with E-state index >= 15 is 0 Å². The zero-order valence-corrected chi connectivity index (χ0v) is 13.4.